The van der Waals surface area contributed by atoms with Gasteiger partial charge in [-0.15, -0.1) is 0 Å². The van der Waals surface area contributed by atoms with E-state index in [2.05, 4.69) is 10.2 Å². The summed E-state index contributed by atoms with van der Waals surface area (Å²) < 4.78 is 5.38. The third-order valence-corrected chi connectivity index (χ3v) is 7.37. The van der Waals surface area contributed by atoms with Crippen LogP contribution in [0.2, 0.25) is 15.1 Å². The van der Waals surface area contributed by atoms with E-state index >= 15 is 0 Å². The first-order valence-corrected chi connectivity index (χ1v) is 13.0. The molecule has 11 heteroatoms. The van der Waals surface area contributed by atoms with E-state index in [1.165, 1.54) is 4.90 Å². The van der Waals surface area contributed by atoms with Crippen molar-refractivity contribution in [3.05, 3.63) is 79.9 Å². The predicted molar refractivity (Wildman–Crippen MR) is 143 cm³/mol. The van der Waals surface area contributed by atoms with Crippen LogP contribution in [-0.2, 0) is 9.53 Å². The van der Waals surface area contributed by atoms with Crippen molar-refractivity contribution in [2.75, 3.05) is 46.4 Å². The van der Waals surface area contributed by atoms with Crippen LogP contribution >= 0.6 is 34.8 Å². The number of likely N-dealkylation sites (N-methyl/N-ethyl adjacent to an activating group) is 1. The van der Waals surface area contributed by atoms with Crippen LogP contribution in [0.4, 0.5) is 4.79 Å². The lowest BCUT2D eigenvalue weighted by atomic mass is 9.94. The van der Waals surface area contributed by atoms with E-state index < -0.39 is 12.0 Å². The van der Waals surface area contributed by atoms with E-state index in [1.54, 1.807) is 61.3 Å². The number of nitrogens with one attached hydrogen (secondary N) is 1. The van der Waals surface area contributed by atoms with Crippen molar-refractivity contribution >= 4 is 52.7 Å². The fourth-order valence-corrected chi connectivity index (χ4v) is 5.23. The summed E-state index contributed by atoms with van der Waals surface area (Å²) in [5.74, 6) is -0.656. The van der Waals surface area contributed by atoms with Gasteiger partial charge in [0.05, 0.1) is 28.8 Å². The van der Waals surface area contributed by atoms with E-state index in [-0.39, 0.29) is 18.5 Å². The molecule has 1 atom stereocenters. The van der Waals surface area contributed by atoms with E-state index in [9.17, 15) is 14.4 Å². The van der Waals surface area contributed by atoms with Crippen molar-refractivity contribution in [2.45, 2.75) is 13.0 Å². The van der Waals surface area contributed by atoms with Crippen molar-refractivity contribution in [3.63, 3.8) is 0 Å². The van der Waals surface area contributed by atoms with Gasteiger partial charge in [0.2, 0.25) is 0 Å². The van der Waals surface area contributed by atoms with Gasteiger partial charge >= 0.3 is 12.0 Å². The Kier molecular flexibility index (Phi) is 8.64. The lowest BCUT2D eigenvalue weighted by Crippen LogP contribution is -2.53. The standard InChI is InChI=1S/C26H27Cl3N4O4/c1-3-37-25(35)22-21(31(2)26(36)30-23(22)17-9-8-16(27)14-20(17)29)15-32-10-12-33(13-11-32)24(34)18-6-4-5-7-19(18)28/h4-9,14,23H,3,10-13,15H2,1-2H3,(H,30,36)/t23-/m0/s1. The van der Waals surface area contributed by atoms with Crippen LogP contribution in [-0.4, -0.2) is 79.0 Å². The Morgan fingerprint density at radius 2 is 1.73 bits per heavy atom. The molecule has 4 rings (SSSR count). The third kappa shape index (κ3) is 5.88. The van der Waals surface area contributed by atoms with Gasteiger partial charge in [-0.2, -0.15) is 0 Å². The minimum absolute atomic E-state index is 0.122. The Morgan fingerprint density at radius 1 is 1.03 bits per heavy atom. The molecule has 0 spiro atoms. The molecule has 2 aromatic rings. The molecule has 3 amide bonds. The molecule has 196 valence electrons. The molecule has 2 aliphatic heterocycles. The average molecular weight is 566 g/mol. The molecule has 37 heavy (non-hydrogen) atoms. The van der Waals surface area contributed by atoms with Crippen LogP contribution < -0.4 is 5.32 Å². The smallest absolute Gasteiger partial charge is 0.338 e. The number of halogens is 3. The first kappa shape index (κ1) is 27.3. The van der Waals surface area contributed by atoms with Gasteiger partial charge < -0.3 is 15.0 Å². The first-order valence-electron chi connectivity index (χ1n) is 11.9. The maximum Gasteiger partial charge on any atom is 0.338 e. The molecule has 0 radical (unpaired) electrons. The number of nitrogens with zero attached hydrogens (tertiary/aromatic N) is 3. The monoisotopic (exact) mass is 564 g/mol. The zero-order chi connectivity index (χ0) is 26.7. The number of hydrogen-bond acceptors (Lipinski definition) is 5. The molecule has 0 aromatic heterocycles. The second-order valence-electron chi connectivity index (χ2n) is 8.74. The molecule has 1 saturated heterocycles. The number of hydrogen-bond donors (Lipinski definition) is 1. The molecule has 1 N–H and O–H groups in total. The maximum atomic E-state index is 13.2. The Hall–Kier alpha value is -2.78. The number of carbonyl (C=O) groups is 3. The van der Waals surface area contributed by atoms with Gasteiger partial charge in [-0.05, 0) is 36.8 Å². The van der Waals surface area contributed by atoms with E-state index in [4.69, 9.17) is 39.5 Å². The Morgan fingerprint density at radius 3 is 2.38 bits per heavy atom. The molecule has 1 fully saturated rings. The summed E-state index contributed by atoms with van der Waals surface area (Å²) in [6.07, 6.45) is 0. The molecule has 0 unspecified atom stereocenters. The van der Waals surface area contributed by atoms with E-state index in [0.29, 0.717) is 70.2 Å². The first-order chi connectivity index (χ1) is 17.7. The fraction of sp³-hybridized carbons (Fsp3) is 0.346. The summed E-state index contributed by atoms with van der Waals surface area (Å²) in [5, 5.41) is 4.05. The molecule has 0 saturated carbocycles. The zero-order valence-corrected chi connectivity index (χ0v) is 22.7. The van der Waals surface area contributed by atoms with Crippen molar-refractivity contribution in [3.8, 4) is 0 Å². The number of rotatable bonds is 6. The van der Waals surface area contributed by atoms with Gasteiger partial charge in [0.15, 0.2) is 0 Å². The second kappa shape index (κ2) is 11.7. The summed E-state index contributed by atoms with van der Waals surface area (Å²) in [5.41, 5.74) is 1.84. The third-order valence-electron chi connectivity index (χ3n) is 6.48. The van der Waals surface area contributed by atoms with Crippen molar-refractivity contribution in [2.24, 2.45) is 0 Å². The maximum absolute atomic E-state index is 13.2. The average Bonchev–Trinajstić information content (AvgIpc) is 2.87. The number of amides is 3. The number of piperazine rings is 1. The molecule has 0 aliphatic carbocycles. The summed E-state index contributed by atoms with van der Waals surface area (Å²) in [7, 11) is 1.61. The lowest BCUT2D eigenvalue weighted by Gasteiger charge is -2.39. The quantitative estimate of drug-likeness (QED) is 0.517. The van der Waals surface area contributed by atoms with Gasteiger partial charge in [-0.3, -0.25) is 14.6 Å². The highest BCUT2D eigenvalue weighted by Gasteiger charge is 2.38. The molecule has 2 heterocycles. The Balaban J connectivity index is 1.59. The largest absolute Gasteiger partial charge is 0.463 e. The second-order valence-corrected chi connectivity index (χ2v) is 9.99. The Bertz CT molecular complexity index is 1240. The summed E-state index contributed by atoms with van der Waals surface area (Å²) >= 11 is 18.7. The fourth-order valence-electron chi connectivity index (χ4n) is 4.49. The highest BCUT2D eigenvalue weighted by Crippen LogP contribution is 2.36. The van der Waals surface area contributed by atoms with Crippen molar-refractivity contribution in [1.82, 2.24) is 20.0 Å². The number of esters is 1. The minimum Gasteiger partial charge on any atom is -0.463 e. The molecule has 2 aliphatic rings. The van der Waals surface area contributed by atoms with Gasteiger partial charge in [0.1, 0.15) is 0 Å². The summed E-state index contributed by atoms with van der Waals surface area (Å²) in [4.78, 5) is 44.4. The number of benzene rings is 2. The highest BCUT2D eigenvalue weighted by atomic mass is 35.5. The minimum atomic E-state index is -0.800. The van der Waals surface area contributed by atoms with Crippen molar-refractivity contribution < 1.29 is 19.1 Å². The van der Waals surface area contributed by atoms with Crippen LogP contribution in [0.25, 0.3) is 0 Å². The van der Waals surface area contributed by atoms with Crippen LogP contribution in [0.15, 0.2) is 53.7 Å². The molecular weight excluding hydrogens is 539 g/mol. The predicted octanol–water partition coefficient (Wildman–Crippen LogP) is 4.62. The molecule has 0 bridgehead atoms. The van der Waals surface area contributed by atoms with Crippen LogP contribution in [0.1, 0.15) is 28.9 Å². The molecule has 8 nitrogen and oxygen atoms in total. The number of urea groups is 1. The SMILES string of the molecule is CCOC(=O)C1=C(CN2CCN(C(=O)c3ccccc3Cl)CC2)N(C)C(=O)N[C@H]1c1ccc(Cl)cc1Cl. The highest BCUT2D eigenvalue weighted by molar-refractivity contribution is 6.35. The van der Waals surface area contributed by atoms with E-state index in [0.717, 1.165) is 0 Å². The van der Waals surface area contributed by atoms with Gasteiger partial charge in [-0.25, -0.2) is 9.59 Å². The van der Waals surface area contributed by atoms with Crippen LogP contribution in [0.5, 0.6) is 0 Å². The lowest BCUT2D eigenvalue weighted by molar-refractivity contribution is -0.139. The van der Waals surface area contributed by atoms with Gasteiger partial charge in [0, 0.05) is 55.5 Å². The molecular formula is C26H27Cl3N4O4. The normalized spacial score (nSPS) is 18.6. The van der Waals surface area contributed by atoms with Gasteiger partial charge in [-0.1, -0.05) is 53.0 Å². The summed E-state index contributed by atoms with van der Waals surface area (Å²) in [6, 6.07) is 10.7. The van der Waals surface area contributed by atoms with Crippen molar-refractivity contribution in [1.29, 1.82) is 0 Å². The number of ether oxygens (including phenoxy) is 1. The van der Waals surface area contributed by atoms with Gasteiger partial charge in [0.25, 0.3) is 5.91 Å². The molecule has 2 aromatic carbocycles. The van der Waals surface area contributed by atoms with E-state index in [1.807, 2.05) is 0 Å². The van der Waals surface area contributed by atoms with Crippen LogP contribution in [0, 0.1) is 0 Å². The summed E-state index contributed by atoms with van der Waals surface area (Å²) in [6.45, 7) is 4.28. The zero-order valence-electron chi connectivity index (χ0n) is 20.5. The number of carbonyl (C=O) groups excluding carboxylic acids is 3. The topological polar surface area (TPSA) is 82.2 Å². The Labute approximate surface area is 230 Å². The van der Waals surface area contributed by atoms with Crippen LogP contribution in [0.3, 0.4) is 0 Å².